The maximum Gasteiger partial charge on any atom is 0.419 e. The van der Waals surface area contributed by atoms with Crippen molar-refractivity contribution in [2.45, 2.75) is 40.2 Å². The maximum atomic E-state index is 12.5. The van der Waals surface area contributed by atoms with Gasteiger partial charge in [-0.15, -0.1) is 0 Å². The number of ketones is 2. The van der Waals surface area contributed by atoms with Crippen molar-refractivity contribution in [2.24, 2.45) is 5.92 Å². The first kappa shape index (κ1) is 16.9. The van der Waals surface area contributed by atoms with Gasteiger partial charge in [-0.2, -0.15) is 0 Å². The average molecular weight is 315 g/mol. The molecule has 0 saturated carbocycles. The molecule has 1 aromatic carbocycles. The standard InChI is InChI=1S/C18H21NO4/c1-11(12(2)20)16(21)14-10-19(17(22)23-18(3,4)5)15-9-7-6-8-13(14)15/h6-11H,1-5H3. The largest absolute Gasteiger partial charge is 0.443 e. The van der Waals surface area contributed by atoms with Crippen molar-refractivity contribution in [1.29, 1.82) is 0 Å². The summed E-state index contributed by atoms with van der Waals surface area (Å²) in [5.74, 6) is -1.24. The zero-order chi connectivity index (χ0) is 17.4. The molecular formula is C18H21NO4. The summed E-state index contributed by atoms with van der Waals surface area (Å²) in [6, 6.07) is 7.08. The molecule has 5 heteroatoms. The van der Waals surface area contributed by atoms with Gasteiger partial charge in [0, 0.05) is 17.1 Å². The highest BCUT2D eigenvalue weighted by Gasteiger charge is 2.26. The molecule has 0 aliphatic heterocycles. The smallest absolute Gasteiger partial charge is 0.419 e. The molecule has 1 unspecified atom stereocenters. The van der Waals surface area contributed by atoms with Crippen LogP contribution in [0, 0.1) is 5.92 Å². The van der Waals surface area contributed by atoms with Gasteiger partial charge in [0.1, 0.15) is 11.4 Å². The molecule has 0 fully saturated rings. The first-order valence-corrected chi connectivity index (χ1v) is 7.50. The summed E-state index contributed by atoms with van der Waals surface area (Å²) >= 11 is 0. The Balaban J connectivity index is 2.55. The van der Waals surface area contributed by atoms with Crippen LogP contribution in [0.25, 0.3) is 10.9 Å². The van der Waals surface area contributed by atoms with Gasteiger partial charge in [-0.05, 0) is 40.7 Å². The predicted octanol–water partition coefficient (Wildman–Crippen LogP) is 3.83. The molecule has 0 saturated heterocycles. The number of benzene rings is 1. The SMILES string of the molecule is CC(=O)C(C)C(=O)c1cn(C(=O)OC(C)(C)C)c2ccccc12. The molecule has 122 valence electrons. The highest BCUT2D eigenvalue weighted by Crippen LogP contribution is 2.25. The molecule has 1 aromatic heterocycles. The number of hydrogen-bond donors (Lipinski definition) is 0. The van der Waals surface area contributed by atoms with Crippen LogP contribution in [0.3, 0.4) is 0 Å². The number of carbonyl (C=O) groups excluding carboxylic acids is 3. The Hall–Kier alpha value is -2.43. The third kappa shape index (κ3) is 3.50. The van der Waals surface area contributed by atoms with E-state index < -0.39 is 17.6 Å². The van der Waals surface area contributed by atoms with Crippen molar-refractivity contribution in [3.63, 3.8) is 0 Å². The molecule has 0 spiro atoms. The van der Waals surface area contributed by atoms with Crippen LogP contribution in [0.15, 0.2) is 30.5 Å². The van der Waals surface area contributed by atoms with Crippen LogP contribution in [-0.4, -0.2) is 27.8 Å². The Morgan fingerprint density at radius 2 is 1.74 bits per heavy atom. The second kappa shape index (κ2) is 5.99. The second-order valence-electron chi connectivity index (χ2n) is 6.61. The Bertz CT molecular complexity index is 780. The second-order valence-corrected chi connectivity index (χ2v) is 6.61. The molecule has 0 aliphatic rings. The van der Waals surface area contributed by atoms with Gasteiger partial charge in [0.05, 0.1) is 11.4 Å². The number of carbonyl (C=O) groups is 3. The fraction of sp³-hybridized carbons (Fsp3) is 0.389. The van der Waals surface area contributed by atoms with Gasteiger partial charge < -0.3 is 4.74 Å². The van der Waals surface area contributed by atoms with Gasteiger partial charge >= 0.3 is 6.09 Å². The summed E-state index contributed by atoms with van der Waals surface area (Å²) in [6.07, 6.45) is 0.906. The van der Waals surface area contributed by atoms with Crippen LogP contribution in [-0.2, 0) is 9.53 Å². The lowest BCUT2D eigenvalue weighted by Gasteiger charge is -2.19. The van der Waals surface area contributed by atoms with Crippen molar-refractivity contribution in [2.75, 3.05) is 0 Å². The first-order chi connectivity index (χ1) is 10.6. The van der Waals surface area contributed by atoms with E-state index in [9.17, 15) is 14.4 Å². The fourth-order valence-electron chi connectivity index (χ4n) is 2.26. The molecule has 2 rings (SSSR count). The number of hydrogen-bond acceptors (Lipinski definition) is 4. The lowest BCUT2D eigenvalue weighted by Crippen LogP contribution is -2.26. The summed E-state index contributed by atoms with van der Waals surface area (Å²) in [6.45, 7) is 8.29. The highest BCUT2D eigenvalue weighted by molar-refractivity contribution is 6.16. The van der Waals surface area contributed by atoms with Gasteiger partial charge in [0.25, 0.3) is 0 Å². The quantitative estimate of drug-likeness (QED) is 0.638. The van der Waals surface area contributed by atoms with Crippen molar-refractivity contribution in [1.82, 2.24) is 4.57 Å². The first-order valence-electron chi connectivity index (χ1n) is 7.50. The highest BCUT2D eigenvalue weighted by atomic mass is 16.6. The summed E-state index contributed by atoms with van der Waals surface area (Å²) in [4.78, 5) is 36.4. The summed E-state index contributed by atoms with van der Waals surface area (Å²) in [5, 5.41) is 0.636. The van der Waals surface area contributed by atoms with E-state index in [1.54, 1.807) is 52.0 Å². The molecule has 5 nitrogen and oxygen atoms in total. The average Bonchev–Trinajstić information content (AvgIpc) is 2.83. The fourth-order valence-corrected chi connectivity index (χ4v) is 2.26. The lowest BCUT2D eigenvalue weighted by molar-refractivity contribution is -0.118. The number of nitrogens with zero attached hydrogens (tertiary/aromatic N) is 1. The molecule has 1 atom stereocenters. The molecule has 2 aromatic rings. The van der Waals surface area contributed by atoms with Gasteiger partial charge in [-0.3, -0.25) is 14.2 Å². The maximum absolute atomic E-state index is 12.5. The molecule has 23 heavy (non-hydrogen) atoms. The molecule has 0 radical (unpaired) electrons. The van der Waals surface area contributed by atoms with E-state index in [1.807, 2.05) is 0 Å². The zero-order valence-corrected chi connectivity index (χ0v) is 14.0. The zero-order valence-electron chi connectivity index (χ0n) is 14.0. The van der Waals surface area contributed by atoms with Gasteiger partial charge in [0.15, 0.2) is 5.78 Å². The summed E-state index contributed by atoms with van der Waals surface area (Å²) < 4.78 is 6.70. The third-order valence-electron chi connectivity index (χ3n) is 3.57. The Morgan fingerprint density at radius 1 is 1.13 bits per heavy atom. The van der Waals surface area contributed by atoms with Crippen molar-refractivity contribution in [3.8, 4) is 0 Å². The van der Waals surface area contributed by atoms with Gasteiger partial charge in [-0.1, -0.05) is 18.2 Å². The molecule has 1 heterocycles. The van der Waals surface area contributed by atoms with E-state index >= 15 is 0 Å². The summed E-state index contributed by atoms with van der Waals surface area (Å²) in [5.41, 5.74) is 0.300. The van der Waals surface area contributed by atoms with E-state index in [1.165, 1.54) is 17.7 Å². The van der Waals surface area contributed by atoms with Crippen LogP contribution in [0.5, 0.6) is 0 Å². The minimum Gasteiger partial charge on any atom is -0.443 e. The van der Waals surface area contributed by atoms with E-state index in [-0.39, 0.29) is 11.6 Å². The number of Topliss-reactive ketones (excluding diaryl/α,β-unsaturated/α-hetero) is 2. The minimum atomic E-state index is -0.743. The normalized spacial score (nSPS) is 12.9. The Kier molecular flexibility index (Phi) is 4.41. The molecule has 0 amide bonds. The molecular weight excluding hydrogens is 294 g/mol. The number of para-hydroxylation sites is 1. The lowest BCUT2D eigenvalue weighted by atomic mass is 9.96. The van der Waals surface area contributed by atoms with Crippen molar-refractivity contribution in [3.05, 3.63) is 36.0 Å². The van der Waals surface area contributed by atoms with Crippen molar-refractivity contribution < 1.29 is 19.1 Å². The number of aromatic nitrogens is 1. The van der Waals surface area contributed by atoms with Crippen LogP contribution in [0.4, 0.5) is 4.79 Å². The molecule has 0 N–H and O–H groups in total. The topological polar surface area (TPSA) is 65.4 Å². The van der Waals surface area contributed by atoms with Crippen LogP contribution in [0.1, 0.15) is 45.0 Å². The van der Waals surface area contributed by atoms with E-state index in [2.05, 4.69) is 0 Å². The molecule has 0 aliphatic carbocycles. The van der Waals surface area contributed by atoms with Crippen LogP contribution >= 0.6 is 0 Å². The third-order valence-corrected chi connectivity index (χ3v) is 3.57. The van der Waals surface area contributed by atoms with Crippen molar-refractivity contribution >= 4 is 28.6 Å². The molecule has 0 bridgehead atoms. The predicted molar refractivity (Wildman–Crippen MR) is 87.7 cm³/mol. The monoisotopic (exact) mass is 315 g/mol. The summed E-state index contributed by atoms with van der Waals surface area (Å²) in [7, 11) is 0. The minimum absolute atomic E-state index is 0.205. The Labute approximate surface area is 135 Å². The van der Waals surface area contributed by atoms with E-state index in [0.29, 0.717) is 16.5 Å². The Morgan fingerprint density at radius 3 is 2.30 bits per heavy atom. The van der Waals surface area contributed by atoms with E-state index in [4.69, 9.17) is 4.74 Å². The number of ether oxygens (including phenoxy) is 1. The van der Waals surface area contributed by atoms with E-state index in [0.717, 1.165) is 0 Å². The number of rotatable bonds is 3. The van der Waals surface area contributed by atoms with Crippen LogP contribution in [0.2, 0.25) is 0 Å². The van der Waals surface area contributed by atoms with Crippen LogP contribution < -0.4 is 0 Å². The van der Waals surface area contributed by atoms with Gasteiger partial charge in [-0.25, -0.2) is 4.79 Å². The van der Waals surface area contributed by atoms with Gasteiger partial charge in [0.2, 0.25) is 0 Å². The number of fused-ring (bicyclic) bond motifs is 1.